The van der Waals surface area contributed by atoms with E-state index >= 15 is 0 Å². The molecule has 0 aliphatic carbocycles. The molecule has 10 heteroatoms. The summed E-state index contributed by atoms with van der Waals surface area (Å²) in [5, 5.41) is 19.0. The Morgan fingerprint density at radius 1 is 0.659 bits per heavy atom. The Morgan fingerprint density at radius 2 is 1.10 bits per heavy atom. The highest BCUT2D eigenvalue weighted by molar-refractivity contribution is 5.88. The number of carbonyl (C=O) groups excluding carboxylic acids is 2. The quantitative estimate of drug-likeness (QED) is 0.213. The number of aryl methyl sites for hydroxylation is 2. The Morgan fingerprint density at radius 3 is 1.49 bits per heavy atom. The van der Waals surface area contributed by atoms with E-state index in [9.17, 15) is 9.59 Å². The molecule has 0 aliphatic heterocycles. The van der Waals surface area contributed by atoms with Crippen LogP contribution in [-0.4, -0.2) is 55.6 Å². The van der Waals surface area contributed by atoms with E-state index in [1.165, 1.54) is 0 Å². The third-order valence-corrected chi connectivity index (χ3v) is 6.32. The minimum absolute atomic E-state index is 0.226. The maximum atomic E-state index is 12.5. The monoisotopic (exact) mass is 552 g/mol. The summed E-state index contributed by atoms with van der Waals surface area (Å²) in [6.45, 7) is 7.63. The molecule has 2 aromatic heterocycles. The molecule has 0 spiro atoms. The van der Waals surface area contributed by atoms with Crippen molar-refractivity contribution in [2.24, 2.45) is 0 Å². The van der Waals surface area contributed by atoms with E-state index < -0.39 is 17.5 Å². The number of hydrogen-bond donors (Lipinski definition) is 1. The third kappa shape index (κ3) is 6.06. The number of aromatic nitrogens is 6. The zero-order valence-corrected chi connectivity index (χ0v) is 23.4. The summed E-state index contributed by atoms with van der Waals surface area (Å²) in [5.41, 5.74) is 3.70. The number of benzene rings is 3. The fourth-order valence-corrected chi connectivity index (χ4v) is 4.48. The van der Waals surface area contributed by atoms with Gasteiger partial charge in [-0.25, -0.2) is 9.59 Å². The number of ether oxygens (including phenoxy) is 2. The van der Waals surface area contributed by atoms with Crippen molar-refractivity contribution in [1.82, 2.24) is 30.4 Å². The van der Waals surface area contributed by atoms with Crippen LogP contribution in [0.4, 0.5) is 0 Å². The Hall–Kier alpha value is -5.12. The van der Waals surface area contributed by atoms with E-state index in [1.807, 2.05) is 54.6 Å². The van der Waals surface area contributed by atoms with Crippen molar-refractivity contribution in [3.05, 3.63) is 130 Å². The zero-order valence-electron chi connectivity index (χ0n) is 23.4. The second-order valence-corrected chi connectivity index (χ2v) is 8.93. The largest absolute Gasteiger partial charge is 0.461 e. The average Bonchev–Trinajstić information content (AvgIpc) is 3.61. The first-order valence-corrected chi connectivity index (χ1v) is 13.3. The molecule has 0 unspecified atom stereocenters. The van der Waals surface area contributed by atoms with Gasteiger partial charge in [0.1, 0.15) is 0 Å². The smallest absolute Gasteiger partial charge is 0.360 e. The summed E-state index contributed by atoms with van der Waals surface area (Å²) in [6.07, 6.45) is 0. The molecule has 2 heterocycles. The Kier molecular flexibility index (Phi) is 9.36. The number of nitrogens with zero attached hydrogens (tertiary/aromatic N) is 5. The number of aromatic amines is 1. The lowest BCUT2D eigenvalue weighted by Gasteiger charge is -2.34. The molecule has 5 rings (SSSR count). The number of rotatable bonds is 8. The fourth-order valence-electron chi connectivity index (χ4n) is 4.48. The fraction of sp³-hybridized carbons (Fsp3) is 0.226. The summed E-state index contributed by atoms with van der Waals surface area (Å²) in [4.78, 5) is 25.1. The van der Waals surface area contributed by atoms with Crippen molar-refractivity contribution >= 4 is 11.9 Å². The predicted molar refractivity (Wildman–Crippen MR) is 152 cm³/mol. The molecule has 0 bridgehead atoms. The Balaban J connectivity index is 0.000000296. The molecule has 10 nitrogen and oxygen atoms in total. The average molecular weight is 553 g/mol. The van der Waals surface area contributed by atoms with Crippen molar-refractivity contribution in [1.29, 1.82) is 0 Å². The van der Waals surface area contributed by atoms with Gasteiger partial charge in [-0.1, -0.05) is 91.0 Å². The second kappa shape index (κ2) is 13.3. The predicted octanol–water partition coefficient (Wildman–Crippen LogP) is 4.89. The van der Waals surface area contributed by atoms with Crippen molar-refractivity contribution in [3.63, 3.8) is 0 Å². The number of esters is 2. The van der Waals surface area contributed by atoms with Gasteiger partial charge in [0.05, 0.1) is 24.6 Å². The molecule has 0 saturated carbocycles. The molecule has 1 N–H and O–H groups in total. The molecular weight excluding hydrogens is 520 g/mol. The van der Waals surface area contributed by atoms with Crippen LogP contribution in [0.2, 0.25) is 0 Å². The van der Waals surface area contributed by atoms with Gasteiger partial charge < -0.3 is 9.47 Å². The first-order valence-electron chi connectivity index (χ1n) is 13.3. The molecule has 0 amide bonds. The number of nitrogens with one attached hydrogen (secondary N) is 1. The van der Waals surface area contributed by atoms with Crippen LogP contribution in [0.1, 0.15) is 62.9 Å². The third-order valence-electron chi connectivity index (χ3n) is 6.32. The highest BCUT2D eigenvalue weighted by Crippen LogP contribution is 2.39. The maximum absolute atomic E-state index is 12.5. The van der Waals surface area contributed by atoms with Crippen LogP contribution in [0.15, 0.2) is 91.0 Å². The number of carbonyl (C=O) groups is 2. The molecule has 0 aliphatic rings. The molecule has 0 atom stereocenters. The summed E-state index contributed by atoms with van der Waals surface area (Å²) in [7, 11) is 0. The van der Waals surface area contributed by atoms with Gasteiger partial charge >= 0.3 is 11.9 Å². The van der Waals surface area contributed by atoms with Gasteiger partial charge in [0, 0.05) is 0 Å². The number of H-pyrrole nitrogens is 1. The normalized spacial score (nSPS) is 10.8. The standard InChI is InChI=1S/C25H23N3O2.C6H9N3O2/c1-3-30-24(29)23-19(2)26-28(27-23)25(20-13-7-4-8-14-20,21-15-9-5-10-16-21)22-17-11-6-12-18-22;1-3-11-6(10)5-4(2)7-9-8-5/h4-18H,3H2,1-2H3;3H2,1-2H3,(H,7,8,9). The molecule has 5 aromatic rings. The second-order valence-electron chi connectivity index (χ2n) is 8.93. The van der Waals surface area contributed by atoms with Crippen LogP contribution in [0.5, 0.6) is 0 Å². The van der Waals surface area contributed by atoms with Gasteiger partial charge in [-0.2, -0.15) is 20.2 Å². The van der Waals surface area contributed by atoms with Gasteiger partial charge in [0.25, 0.3) is 0 Å². The van der Waals surface area contributed by atoms with Crippen LogP contribution in [-0.2, 0) is 15.0 Å². The molecule has 3 aromatic carbocycles. The van der Waals surface area contributed by atoms with Crippen LogP contribution < -0.4 is 0 Å². The van der Waals surface area contributed by atoms with Crippen LogP contribution in [0.25, 0.3) is 0 Å². The molecule has 0 fully saturated rings. The molecular formula is C31H32N6O4. The minimum atomic E-state index is -0.848. The topological polar surface area (TPSA) is 125 Å². The SMILES string of the molecule is CCOC(=O)c1n[nH]nc1C.CCOC(=O)c1nn(C(c2ccccc2)(c2ccccc2)c2ccccc2)nc1C. The van der Waals surface area contributed by atoms with E-state index in [4.69, 9.17) is 14.6 Å². The van der Waals surface area contributed by atoms with Crippen molar-refractivity contribution in [3.8, 4) is 0 Å². The van der Waals surface area contributed by atoms with Gasteiger partial charge in [0.2, 0.25) is 0 Å². The van der Waals surface area contributed by atoms with Gasteiger partial charge in [-0.15, -0.1) is 10.2 Å². The lowest BCUT2D eigenvalue weighted by Crippen LogP contribution is -2.39. The van der Waals surface area contributed by atoms with E-state index in [2.05, 4.69) is 56.9 Å². The van der Waals surface area contributed by atoms with Crippen LogP contribution >= 0.6 is 0 Å². The van der Waals surface area contributed by atoms with Gasteiger partial charge in [0.15, 0.2) is 16.9 Å². The van der Waals surface area contributed by atoms with Crippen LogP contribution in [0.3, 0.4) is 0 Å². The first-order chi connectivity index (χ1) is 19.9. The lowest BCUT2D eigenvalue weighted by atomic mass is 9.77. The highest BCUT2D eigenvalue weighted by Gasteiger charge is 2.41. The highest BCUT2D eigenvalue weighted by atomic mass is 16.5. The summed E-state index contributed by atoms with van der Waals surface area (Å²) < 4.78 is 9.90. The van der Waals surface area contributed by atoms with E-state index in [-0.39, 0.29) is 18.0 Å². The molecule has 0 saturated heterocycles. The van der Waals surface area contributed by atoms with Gasteiger partial charge in [-0.05, 0) is 44.4 Å². The zero-order chi connectivity index (χ0) is 29.2. The van der Waals surface area contributed by atoms with Crippen molar-refractivity contribution in [2.75, 3.05) is 13.2 Å². The molecule has 0 radical (unpaired) electrons. The Labute approximate surface area is 238 Å². The molecule has 210 valence electrons. The van der Waals surface area contributed by atoms with E-state index in [0.29, 0.717) is 18.0 Å². The summed E-state index contributed by atoms with van der Waals surface area (Å²) >= 11 is 0. The van der Waals surface area contributed by atoms with E-state index in [0.717, 1.165) is 16.7 Å². The summed E-state index contributed by atoms with van der Waals surface area (Å²) in [6, 6.07) is 30.3. The number of hydrogen-bond acceptors (Lipinski definition) is 8. The first kappa shape index (κ1) is 28.9. The minimum Gasteiger partial charge on any atom is -0.461 e. The van der Waals surface area contributed by atoms with Crippen molar-refractivity contribution in [2.45, 2.75) is 33.2 Å². The van der Waals surface area contributed by atoms with Gasteiger partial charge in [-0.3, -0.25) is 0 Å². The molecule has 41 heavy (non-hydrogen) atoms. The maximum Gasteiger partial charge on any atom is 0.360 e. The van der Waals surface area contributed by atoms with Crippen LogP contribution in [0, 0.1) is 13.8 Å². The lowest BCUT2D eigenvalue weighted by molar-refractivity contribution is 0.0508. The summed E-state index contributed by atoms with van der Waals surface area (Å²) in [5.74, 6) is -0.900. The Bertz CT molecular complexity index is 1470. The van der Waals surface area contributed by atoms with Crippen molar-refractivity contribution < 1.29 is 19.1 Å². The van der Waals surface area contributed by atoms with E-state index in [1.54, 1.807) is 32.5 Å².